The van der Waals surface area contributed by atoms with E-state index in [9.17, 15) is 0 Å². The Kier molecular flexibility index (Phi) is 5.31. The lowest BCUT2D eigenvalue weighted by Crippen LogP contribution is -2.03. The van der Waals surface area contributed by atoms with E-state index in [2.05, 4.69) is 37.0 Å². The van der Waals surface area contributed by atoms with Crippen molar-refractivity contribution in [2.75, 3.05) is 5.32 Å². The van der Waals surface area contributed by atoms with Crippen LogP contribution in [0.1, 0.15) is 16.8 Å². The van der Waals surface area contributed by atoms with E-state index in [1.807, 2.05) is 48.5 Å². The summed E-state index contributed by atoms with van der Waals surface area (Å²) in [6, 6.07) is 21.9. The molecule has 25 heavy (non-hydrogen) atoms. The third-order valence-electron chi connectivity index (χ3n) is 3.72. The minimum atomic E-state index is 0.712. The van der Waals surface area contributed by atoms with Crippen LogP contribution in [0.25, 0.3) is 5.70 Å². The highest BCUT2D eigenvalue weighted by molar-refractivity contribution is 7.99. The lowest BCUT2D eigenvalue weighted by molar-refractivity contribution is 1.06. The predicted octanol–water partition coefficient (Wildman–Crippen LogP) is 5.62. The van der Waals surface area contributed by atoms with Crippen LogP contribution in [-0.4, -0.2) is 11.2 Å². The van der Waals surface area contributed by atoms with E-state index in [1.54, 1.807) is 11.8 Å². The summed E-state index contributed by atoms with van der Waals surface area (Å²) >= 11 is 1.64. The van der Waals surface area contributed by atoms with Gasteiger partial charge in [0.25, 0.3) is 0 Å². The highest BCUT2D eigenvalue weighted by atomic mass is 32.2. The lowest BCUT2D eigenvalue weighted by atomic mass is 10.1. The van der Waals surface area contributed by atoms with Crippen molar-refractivity contribution in [3.8, 4) is 0 Å². The number of para-hydroxylation sites is 1. The van der Waals surface area contributed by atoms with Gasteiger partial charge in [-0.05, 0) is 36.8 Å². The zero-order chi connectivity index (χ0) is 17.6. The zero-order valence-corrected chi connectivity index (χ0v) is 14.8. The third kappa shape index (κ3) is 4.17. The number of aryl methyl sites for hydroxylation is 1. The summed E-state index contributed by atoms with van der Waals surface area (Å²) in [5.41, 5.74) is 4.30. The van der Waals surface area contributed by atoms with Gasteiger partial charge in [-0.3, -0.25) is 0 Å². The molecule has 3 aromatic rings. The van der Waals surface area contributed by atoms with Crippen LogP contribution in [0.2, 0.25) is 0 Å². The maximum Gasteiger partial charge on any atom is 0.104 e. The molecular weight excluding hydrogens is 326 g/mol. The number of aromatic nitrogens is 1. The molecule has 0 amide bonds. The first-order valence-electron chi connectivity index (χ1n) is 7.94. The molecule has 0 bridgehead atoms. The van der Waals surface area contributed by atoms with Crippen molar-refractivity contribution in [3.05, 3.63) is 90.1 Å². The number of hydrogen-bond donors (Lipinski definition) is 2. The van der Waals surface area contributed by atoms with Gasteiger partial charge in [0.1, 0.15) is 5.03 Å². The van der Waals surface area contributed by atoms with Crippen LogP contribution in [0.5, 0.6) is 0 Å². The van der Waals surface area contributed by atoms with Crippen molar-refractivity contribution < 1.29 is 0 Å². The summed E-state index contributed by atoms with van der Waals surface area (Å²) < 4.78 is 0. The molecule has 1 heterocycles. The molecule has 0 spiro atoms. The van der Waals surface area contributed by atoms with Crippen LogP contribution < -0.4 is 5.32 Å². The standard InChI is InChI=1S/C21H19N3S/c1-15-12-13-19(24-21(15)25-18-9-4-3-5-10-18)16(2)23-20-11-7-6-8-17(20)14-22/h3-14,22-23H,2H2,1H3. The van der Waals surface area contributed by atoms with E-state index < -0.39 is 0 Å². The molecule has 0 aliphatic carbocycles. The Hall–Kier alpha value is -2.85. The van der Waals surface area contributed by atoms with Gasteiger partial charge in [-0.1, -0.05) is 60.8 Å². The van der Waals surface area contributed by atoms with Gasteiger partial charge in [0.05, 0.1) is 11.4 Å². The molecule has 0 saturated carbocycles. The van der Waals surface area contributed by atoms with E-state index in [1.165, 1.54) is 6.21 Å². The number of hydrogen-bond acceptors (Lipinski definition) is 4. The SMILES string of the molecule is C=C(Nc1ccccc1C=N)c1ccc(C)c(Sc2ccccc2)n1. The number of nitrogens with zero attached hydrogens (tertiary/aromatic N) is 1. The molecule has 0 unspecified atom stereocenters. The van der Waals surface area contributed by atoms with Crippen LogP contribution in [-0.2, 0) is 0 Å². The number of pyridine rings is 1. The number of benzene rings is 2. The molecule has 0 saturated heterocycles. The van der Waals surface area contributed by atoms with Gasteiger partial charge in [-0.25, -0.2) is 4.98 Å². The molecule has 3 rings (SSSR count). The Morgan fingerprint density at radius 2 is 1.76 bits per heavy atom. The fourth-order valence-electron chi connectivity index (χ4n) is 2.34. The van der Waals surface area contributed by atoms with Crippen LogP contribution in [0, 0.1) is 12.3 Å². The van der Waals surface area contributed by atoms with Gasteiger partial charge >= 0.3 is 0 Å². The summed E-state index contributed by atoms with van der Waals surface area (Å²) in [6.45, 7) is 6.17. The first-order valence-corrected chi connectivity index (χ1v) is 8.75. The third-order valence-corrected chi connectivity index (χ3v) is 4.83. The molecule has 0 aliphatic heterocycles. The lowest BCUT2D eigenvalue weighted by Gasteiger charge is -2.13. The molecule has 3 nitrogen and oxygen atoms in total. The second-order valence-electron chi connectivity index (χ2n) is 5.57. The van der Waals surface area contributed by atoms with Gasteiger partial charge in [-0.2, -0.15) is 0 Å². The molecule has 124 valence electrons. The second kappa shape index (κ2) is 7.81. The normalized spacial score (nSPS) is 10.3. The van der Waals surface area contributed by atoms with Crippen molar-refractivity contribution in [1.29, 1.82) is 5.41 Å². The minimum absolute atomic E-state index is 0.712. The van der Waals surface area contributed by atoms with Gasteiger partial charge in [-0.15, -0.1) is 0 Å². The van der Waals surface area contributed by atoms with Crippen molar-refractivity contribution in [2.24, 2.45) is 0 Å². The maximum absolute atomic E-state index is 7.51. The largest absolute Gasteiger partial charge is 0.354 e. The van der Waals surface area contributed by atoms with E-state index in [4.69, 9.17) is 10.4 Å². The first-order chi connectivity index (χ1) is 12.2. The Morgan fingerprint density at radius 1 is 1.04 bits per heavy atom. The molecule has 0 radical (unpaired) electrons. The van der Waals surface area contributed by atoms with Crippen LogP contribution in [0.3, 0.4) is 0 Å². The summed E-state index contributed by atoms with van der Waals surface area (Å²) in [5, 5.41) is 11.7. The van der Waals surface area contributed by atoms with E-state index in [-0.39, 0.29) is 0 Å². The Balaban J connectivity index is 1.84. The zero-order valence-electron chi connectivity index (χ0n) is 14.0. The molecule has 2 N–H and O–H groups in total. The Bertz CT molecular complexity index is 904. The molecule has 2 aromatic carbocycles. The Labute approximate surface area is 152 Å². The second-order valence-corrected chi connectivity index (χ2v) is 6.63. The van der Waals surface area contributed by atoms with E-state index >= 15 is 0 Å². The molecule has 0 aliphatic rings. The van der Waals surface area contributed by atoms with Gasteiger partial charge < -0.3 is 10.7 Å². The molecule has 1 aromatic heterocycles. The summed E-state index contributed by atoms with van der Waals surface area (Å²) in [5.74, 6) is 0. The monoisotopic (exact) mass is 345 g/mol. The first kappa shape index (κ1) is 17.0. The topological polar surface area (TPSA) is 48.8 Å². The molecule has 4 heteroatoms. The van der Waals surface area contributed by atoms with Crippen molar-refractivity contribution in [1.82, 2.24) is 4.98 Å². The minimum Gasteiger partial charge on any atom is -0.354 e. The van der Waals surface area contributed by atoms with Crippen LogP contribution in [0.4, 0.5) is 5.69 Å². The highest BCUT2D eigenvalue weighted by Crippen LogP contribution is 2.29. The average molecular weight is 345 g/mol. The van der Waals surface area contributed by atoms with Gasteiger partial charge in [0.2, 0.25) is 0 Å². The van der Waals surface area contributed by atoms with Crippen LogP contribution in [0.15, 0.2) is 83.2 Å². The van der Waals surface area contributed by atoms with E-state index in [0.717, 1.165) is 32.4 Å². The van der Waals surface area contributed by atoms with E-state index in [0.29, 0.717) is 5.70 Å². The van der Waals surface area contributed by atoms with Crippen molar-refractivity contribution in [2.45, 2.75) is 16.8 Å². The van der Waals surface area contributed by atoms with Crippen LogP contribution >= 0.6 is 11.8 Å². The van der Waals surface area contributed by atoms with Gasteiger partial charge in [0, 0.05) is 22.4 Å². The average Bonchev–Trinajstić information content (AvgIpc) is 2.65. The van der Waals surface area contributed by atoms with Gasteiger partial charge in [0.15, 0.2) is 0 Å². The Morgan fingerprint density at radius 3 is 2.52 bits per heavy atom. The fourth-order valence-corrected chi connectivity index (χ4v) is 3.23. The summed E-state index contributed by atoms with van der Waals surface area (Å²) in [4.78, 5) is 5.92. The fraction of sp³-hybridized carbons (Fsp3) is 0.0476. The predicted molar refractivity (Wildman–Crippen MR) is 107 cm³/mol. The number of rotatable bonds is 6. The molecular formula is C21H19N3S. The van der Waals surface area contributed by atoms with Crippen molar-refractivity contribution >= 4 is 29.4 Å². The highest BCUT2D eigenvalue weighted by Gasteiger charge is 2.08. The summed E-state index contributed by atoms with van der Waals surface area (Å²) in [7, 11) is 0. The smallest absolute Gasteiger partial charge is 0.104 e. The number of anilines is 1. The quantitative estimate of drug-likeness (QED) is 0.570. The maximum atomic E-state index is 7.51. The summed E-state index contributed by atoms with van der Waals surface area (Å²) in [6.07, 6.45) is 1.33. The molecule has 0 fully saturated rings. The molecule has 0 atom stereocenters. The number of nitrogens with one attached hydrogen (secondary N) is 2. The van der Waals surface area contributed by atoms with Crippen molar-refractivity contribution in [3.63, 3.8) is 0 Å².